The first-order valence-corrected chi connectivity index (χ1v) is 16.5. The second kappa shape index (κ2) is 14.7. The number of carbonyl (C=O) groups is 2. The summed E-state index contributed by atoms with van der Waals surface area (Å²) in [5.41, 5.74) is 2.77. The third-order valence-electron chi connectivity index (χ3n) is 6.58. The monoisotopic (exact) mass is 716 g/mol. The summed E-state index contributed by atoms with van der Waals surface area (Å²) >= 11 is 8.19. The van der Waals surface area contributed by atoms with Gasteiger partial charge in [-0.25, -0.2) is 13.8 Å². The highest BCUT2D eigenvalue weighted by Crippen LogP contribution is 2.45. The van der Waals surface area contributed by atoms with Crippen LogP contribution in [0.25, 0.3) is 0 Å². The van der Waals surface area contributed by atoms with E-state index in [1.165, 1.54) is 60.4 Å². The van der Waals surface area contributed by atoms with E-state index >= 15 is 0 Å². The van der Waals surface area contributed by atoms with Crippen LogP contribution < -0.4 is 20.1 Å². The fourth-order valence-corrected chi connectivity index (χ4v) is 6.02. The van der Waals surface area contributed by atoms with Crippen molar-refractivity contribution in [3.63, 3.8) is 0 Å². The molecule has 0 bridgehead atoms. The van der Waals surface area contributed by atoms with Crippen LogP contribution in [0.5, 0.6) is 11.5 Å². The first kappa shape index (κ1) is 34.8. The van der Waals surface area contributed by atoms with Gasteiger partial charge in [0.25, 0.3) is 0 Å². The van der Waals surface area contributed by atoms with E-state index in [0.29, 0.717) is 33.2 Å². The molecule has 2 aromatic carbocycles. The lowest BCUT2D eigenvalue weighted by Crippen LogP contribution is -2.25. The van der Waals surface area contributed by atoms with Crippen molar-refractivity contribution >= 4 is 58.1 Å². The van der Waals surface area contributed by atoms with Gasteiger partial charge >= 0.3 is 6.29 Å². The molecule has 0 radical (unpaired) electrons. The maximum absolute atomic E-state index is 14.1. The summed E-state index contributed by atoms with van der Waals surface area (Å²) in [6.07, 6.45) is 1.82. The van der Waals surface area contributed by atoms with Crippen LogP contribution in [0.4, 0.5) is 28.9 Å². The summed E-state index contributed by atoms with van der Waals surface area (Å²) in [4.78, 5) is 34.4. The molecule has 0 atom stereocenters. The molecule has 3 heterocycles. The Bertz CT molecular complexity index is 1960. The number of thioether (sulfide) groups is 2. The lowest BCUT2D eigenvalue weighted by molar-refractivity contribution is -0.286. The maximum Gasteiger partial charge on any atom is 0.586 e. The predicted octanol–water partition coefficient (Wildman–Crippen LogP) is 8.92. The molecular formula is C33H25ClF4N4O4S2. The third kappa shape index (κ3) is 8.88. The number of fused-ring (bicyclic) bond motifs is 1. The Morgan fingerprint density at radius 1 is 0.875 bits per heavy atom. The number of pyridine rings is 2. The number of halogens is 5. The molecule has 0 aliphatic carbocycles. The minimum Gasteiger partial charge on any atom is -0.395 e. The number of benzene rings is 2. The van der Waals surface area contributed by atoms with Gasteiger partial charge in [-0.15, -0.1) is 32.3 Å². The van der Waals surface area contributed by atoms with Crippen LogP contribution in [0.1, 0.15) is 37.7 Å². The first-order valence-electron chi connectivity index (χ1n) is 14.0. The Hall–Kier alpha value is -4.53. The number of ether oxygens (including phenoxy) is 2. The topological polar surface area (TPSA) is 102 Å². The van der Waals surface area contributed by atoms with Crippen molar-refractivity contribution in [3.8, 4) is 11.5 Å². The highest BCUT2D eigenvalue weighted by molar-refractivity contribution is 8.02. The molecule has 0 fully saturated rings. The van der Waals surface area contributed by atoms with E-state index in [1.807, 2.05) is 0 Å². The van der Waals surface area contributed by atoms with Gasteiger partial charge in [0.05, 0.1) is 10.1 Å². The van der Waals surface area contributed by atoms with Crippen LogP contribution in [0.2, 0.25) is 5.15 Å². The van der Waals surface area contributed by atoms with Crippen molar-refractivity contribution in [2.45, 2.75) is 25.9 Å². The largest absolute Gasteiger partial charge is 0.586 e. The number of hydrogen-bond acceptors (Lipinski definition) is 10. The zero-order chi connectivity index (χ0) is 34.6. The van der Waals surface area contributed by atoms with Gasteiger partial charge < -0.3 is 20.1 Å². The number of alkyl halides is 2. The smallest absolute Gasteiger partial charge is 0.395 e. The number of ketones is 2. The van der Waals surface area contributed by atoms with Crippen LogP contribution in [-0.4, -0.2) is 34.1 Å². The van der Waals surface area contributed by atoms with Crippen molar-refractivity contribution in [2.24, 2.45) is 0 Å². The molecule has 8 nitrogen and oxygen atoms in total. The molecule has 0 unspecified atom stereocenters. The summed E-state index contributed by atoms with van der Waals surface area (Å²) in [6.45, 7) is 3.49. The van der Waals surface area contributed by atoms with E-state index in [2.05, 4.69) is 30.1 Å². The summed E-state index contributed by atoms with van der Waals surface area (Å²) in [7, 11) is 0. The summed E-state index contributed by atoms with van der Waals surface area (Å²) in [5, 5.41) is 6.76. The van der Waals surface area contributed by atoms with Crippen LogP contribution in [-0.2, 0) is 5.75 Å². The minimum absolute atomic E-state index is 0.0459. The molecule has 0 spiro atoms. The van der Waals surface area contributed by atoms with Gasteiger partial charge in [-0.3, -0.25) is 14.6 Å². The Balaban J connectivity index is 1.48. The molecule has 0 saturated carbocycles. The maximum atomic E-state index is 14.1. The highest BCUT2D eigenvalue weighted by atomic mass is 35.5. The number of rotatable bonds is 12. The number of nitrogens with zero attached hydrogens (tertiary/aromatic N) is 2. The number of nitrogens with one attached hydrogen (secondary N) is 2. The van der Waals surface area contributed by atoms with E-state index in [9.17, 15) is 27.2 Å². The molecule has 5 rings (SSSR count). The van der Waals surface area contributed by atoms with Crippen LogP contribution in [0.15, 0.2) is 83.0 Å². The van der Waals surface area contributed by atoms with Gasteiger partial charge in [0, 0.05) is 70.1 Å². The van der Waals surface area contributed by atoms with Gasteiger partial charge in [0.15, 0.2) is 34.7 Å². The minimum atomic E-state index is -3.90. The standard InChI is InChI=1S/C33H25ClF4N4O4S2/c1-17-8-20(9-18(2)40-17)27(44)15-32(41-22-4-5-23(35)24(36)12-22)48-16-21-10-28-29(46-33(37,38)45-28)13-25(21)42-31(47-3)14-26(43)19-6-7-39-30(34)11-19/h4-15,41-42H,16H2,1-3H3/b31-14+,32-15+. The van der Waals surface area contributed by atoms with Crippen molar-refractivity contribution < 1.29 is 36.6 Å². The number of allylic oxidation sites excluding steroid dienone is 2. The number of aryl methyl sites for hydroxylation is 2. The molecule has 15 heteroatoms. The number of hydrogen-bond donors (Lipinski definition) is 2. The fraction of sp³-hybridized carbons (Fsp3) is 0.152. The summed E-state index contributed by atoms with van der Waals surface area (Å²) in [6, 6.07) is 12.0. The lowest BCUT2D eigenvalue weighted by Gasteiger charge is -2.16. The average Bonchev–Trinajstić information content (AvgIpc) is 3.33. The average molecular weight is 717 g/mol. The van der Waals surface area contributed by atoms with Gasteiger partial charge in [-0.2, -0.15) is 0 Å². The number of aromatic nitrogens is 2. The summed E-state index contributed by atoms with van der Waals surface area (Å²) in [5.74, 6) is -3.35. The molecule has 2 N–H and O–H groups in total. The Kier molecular flexibility index (Phi) is 10.7. The molecule has 1 aliphatic heterocycles. The molecule has 248 valence electrons. The zero-order valence-electron chi connectivity index (χ0n) is 25.4. The number of carbonyl (C=O) groups excluding carboxylic acids is 2. The second-order valence-electron chi connectivity index (χ2n) is 10.2. The number of anilines is 2. The molecule has 0 amide bonds. The van der Waals surface area contributed by atoms with E-state index in [1.54, 1.807) is 32.2 Å². The van der Waals surface area contributed by atoms with Gasteiger partial charge in [-0.1, -0.05) is 11.6 Å². The molecule has 0 saturated heterocycles. The molecule has 4 aromatic rings. The SMILES string of the molecule is CS/C(=C/C(=O)c1ccnc(Cl)c1)Nc1cc2c(cc1CS/C(=C/C(=O)c1cc(C)nc(C)c1)Nc1ccc(F)c(F)c1)OC(F)(F)O2. The normalized spacial score (nSPS) is 13.8. The van der Waals surface area contributed by atoms with Crippen molar-refractivity contribution in [3.05, 3.63) is 128 Å². The Morgan fingerprint density at radius 2 is 1.54 bits per heavy atom. The molecular weight excluding hydrogens is 692 g/mol. The zero-order valence-corrected chi connectivity index (χ0v) is 27.8. The van der Waals surface area contributed by atoms with E-state index in [4.69, 9.17) is 11.6 Å². The first-order chi connectivity index (χ1) is 22.8. The molecule has 48 heavy (non-hydrogen) atoms. The van der Waals surface area contributed by atoms with Crippen LogP contribution in [0.3, 0.4) is 0 Å². The van der Waals surface area contributed by atoms with E-state index < -0.39 is 23.7 Å². The van der Waals surface area contributed by atoms with Crippen molar-refractivity contribution in [1.29, 1.82) is 0 Å². The lowest BCUT2D eigenvalue weighted by atomic mass is 10.1. The quantitative estimate of drug-likeness (QED) is 0.0640. The van der Waals surface area contributed by atoms with E-state index in [0.717, 1.165) is 23.9 Å². The van der Waals surface area contributed by atoms with Crippen molar-refractivity contribution in [2.75, 3.05) is 16.9 Å². The highest BCUT2D eigenvalue weighted by Gasteiger charge is 2.44. The van der Waals surface area contributed by atoms with Gasteiger partial charge in [0.2, 0.25) is 0 Å². The van der Waals surface area contributed by atoms with Crippen LogP contribution >= 0.6 is 35.1 Å². The third-order valence-corrected chi connectivity index (χ3v) is 8.43. The van der Waals surface area contributed by atoms with Gasteiger partial charge in [0.1, 0.15) is 5.15 Å². The van der Waals surface area contributed by atoms with Gasteiger partial charge in [-0.05, 0) is 68.1 Å². The molecule has 2 aromatic heterocycles. The van der Waals surface area contributed by atoms with Crippen LogP contribution in [0, 0.1) is 25.5 Å². The second-order valence-corrected chi connectivity index (χ2v) is 12.5. The Labute approximate surface area is 286 Å². The van der Waals surface area contributed by atoms with Crippen molar-refractivity contribution in [1.82, 2.24) is 9.97 Å². The summed E-state index contributed by atoms with van der Waals surface area (Å²) < 4.78 is 65.1. The van der Waals surface area contributed by atoms with E-state index in [-0.39, 0.29) is 44.5 Å². The fourth-order valence-electron chi connectivity index (χ4n) is 4.48. The molecule has 1 aliphatic rings. The predicted molar refractivity (Wildman–Crippen MR) is 179 cm³/mol. The Morgan fingerprint density at radius 3 is 2.21 bits per heavy atom.